The Bertz CT molecular complexity index is 453. The largest absolute Gasteiger partial charge is 0.396 e. The predicted molar refractivity (Wildman–Crippen MR) is 167 cm³/mol. The Morgan fingerprint density at radius 1 is 0.256 bits per heavy atom. The molecular formula is C35H70O4. The van der Waals surface area contributed by atoms with Crippen LogP contribution in [0.1, 0.15) is 186 Å². The molecule has 1 rings (SSSR count). The fourth-order valence-electron chi connectivity index (χ4n) is 7.84. The van der Waals surface area contributed by atoms with Gasteiger partial charge in [0.15, 0.2) is 0 Å². The molecule has 0 saturated heterocycles. The molecule has 4 nitrogen and oxygen atoms in total. The van der Waals surface area contributed by atoms with E-state index in [0.29, 0.717) is 25.7 Å². The van der Waals surface area contributed by atoms with E-state index in [2.05, 4.69) is 0 Å². The second-order valence-corrected chi connectivity index (χ2v) is 13.1. The molecule has 4 heteroatoms. The Labute approximate surface area is 243 Å². The van der Waals surface area contributed by atoms with Crippen molar-refractivity contribution in [3.05, 3.63) is 0 Å². The van der Waals surface area contributed by atoms with Crippen molar-refractivity contribution in [2.24, 2.45) is 10.8 Å². The molecule has 0 atom stereocenters. The highest BCUT2D eigenvalue weighted by Crippen LogP contribution is 2.56. The van der Waals surface area contributed by atoms with Crippen molar-refractivity contribution < 1.29 is 20.4 Å². The van der Waals surface area contributed by atoms with Crippen molar-refractivity contribution in [3.8, 4) is 0 Å². The van der Waals surface area contributed by atoms with E-state index in [9.17, 15) is 20.4 Å². The summed E-state index contributed by atoms with van der Waals surface area (Å²) >= 11 is 0. The first-order valence-corrected chi connectivity index (χ1v) is 17.6. The maximum Gasteiger partial charge on any atom is 0.0436 e. The van der Waals surface area contributed by atoms with E-state index in [-0.39, 0.29) is 37.3 Å². The monoisotopic (exact) mass is 555 g/mol. The maximum atomic E-state index is 10.1. The highest BCUT2D eigenvalue weighted by Gasteiger charge is 2.48. The van der Waals surface area contributed by atoms with Crippen LogP contribution in [-0.2, 0) is 0 Å². The second-order valence-electron chi connectivity index (χ2n) is 13.1. The minimum Gasteiger partial charge on any atom is -0.396 e. The third-order valence-corrected chi connectivity index (χ3v) is 10.3. The van der Waals surface area contributed by atoms with Gasteiger partial charge in [0.2, 0.25) is 0 Å². The van der Waals surface area contributed by atoms with Crippen LogP contribution in [0.15, 0.2) is 0 Å². The predicted octanol–water partition coefficient (Wildman–Crippen LogP) is 9.25. The Hall–Kier alpha value is -0.160. The van der Waals surface area contributed by atoms with E-state index in [4.69, 9.17) is 0 Å². The first-order chi connectivity index (χ1) is 19.2. The van der Waals surface area contributed by atoms with Gasteiger partial charge >= 0.3 is 0 Å². The van der Waals surface area contributed by atoms with Crippen molar-refractivity contribution in [1.29, 1.82) is 0 Å². The summed E-state index contributed by atoms with van der Waals surface area (Å²) in [4.78, 5) is 0. The van der Waals surface area contributed by atoms with Gasteiger partial charge in [-0.15, -0.1) is 0 Å². The molecule has 0 unspecified atom stereocenters. The summed E-state index contributed by atoms with van der Waals surface area (Å²) in [6.07, 6.45) is 35.4. The smallest absolute Gasteiger partial charge is 0.0436 e. The van der Waals surface area contributed by atoms with Gasteiger partial charge in [-0.2, -0.15) is 0 Å². The standard InChI is InChI=1S/C35H70O4/c36-30-26-34(27-31-37)24-22-20-18-16-14-12-10-8-6-4-2-1-3-5-7-9-11-13-15-17-19-21-23-25-35(34,28-32-38)29-33-39/h36-39H,1-33H2. The minimum absolute atomic E-state index is 0.110. The highest BCUT2D eigenvalue weighted by atomic mass is 16.3. The Balaban J connectivity index is 2.79. The van der Waals surface area contributed by atoms with Crippen LogP contribution in [-0.4, -0.2) is 46.9 Å². The van der Waals surface area contributed by atoms with Gasteiger partial charge in [-0.25, -0.2) is 0 Å². The molecule has 0 heterocycles. The molecule has 4 N–H and O–H groups in total. The summed E-state index contributed by atoms with van der Waals surface area (Å²) in [5, 5.41) is 40.6. The fraction of sp³-hybridized carbons (Fsp3) is 1.00. The van der Waals surface area contributed by atoms with Crippen LogP contribution in [0.3, 0.4) is 0 Å². The van der Waals surface area contributed by atoms with Crippen molar-refractivity contribution in [3.63, 3.8) is 0 Å². The summed E-state index contributed by atoms with van der Waals surface area (Å²) in [5.74, 6) is 0. The van der Waals surface area contributed by atoms with Gasteiger partial charge in [-0.3, -0.25) is 0 Å². The van der Waals surface area contributed by atoms with E-state index in [1.165, 1.54) is 135 Å². The maximum absolute atomic E-state index is 10.1. The number of aliphatic hydroxyl groups excluding tert-OH is 4. The number of rotatable bonds is 8. The lowest BCUT2D eigenvalue weighted by molar-refractivity contribution is -0.0601. The van der Waals surface area contributed by atoms with Crippen LogP contribution in [0, 0.1) is 10.8 Å². The molecule has 234 valence electrons. The second kappa shape index (κ2) is 25.5. The molecule has 0 amide bonds. The molecule has 0 aromatic heterocycles. The van der Waals surface area contributed by atoms with Gasteiger partial charge in [-0.05, 0) is 49.4 Å². The molecule has 1 fully saturated rings. The van der Waals surface area contributed by atoms with Crippen LogP contribution >= 0.6 is 0 Å². The van der Waals surface area contributed by atoms with Crippen LogP contribution in [0.4, 0.5) is 0 Å². The zero-order chi connectivity index (χ0) is 28.3. The zero-order valence-corrected chi connectivity index (χ0v) is 26.1. The van der Waals surface area contributed by atoms with E-state index < -0.39 is 0 Å². The Morgan fingerprint density at radius 2 is 0.410 bits per heavy atom. The van der Waals surface area contributed by atoms with Crippen LogP contribution in [0.5, 0.6) is 0 Å². The molecule has 0 spiro atoms. The lowest BCUT2D eigenvalue weighted by Crippen LogP contribution is -2.45. The minimum atomic E-state index is -0.217. The summed E-state index contributed by atoms with van der Waals surface area (Å²) in [5.41, 5.74) is -0.433. The van der Waals surface area contributed by atoms with Crippen LogP contribution in [0.2, 0.25) is 0 Å². The third-order valence-electron chi connectivity index (χ3n) is 10.3. The van der Waals surface area contributed by atoms with Gasteiger partial charge in [0, 0.05) is 26.4 Å². The topological polar surface area (TPSA) is 80.9 Å². The molecule has 0 bridgehead atoms. The van der Waals surface area contributed by atoms with Crippen LogP contribution in [0.25, 0.3) is 0 Å². The molecule has 1 saturated carbocycles. The van der Waals surface area contributed by atoms with Gasteiger partial charge in [0.1, 0.15) is 0 Å². The normalized spacial score (nSPS) is 23.1. The molecule has 1 aliphatic rings. The van der Waals surface area contributed by atoms with Crippen LogP contribution < -0.4 is 0 Å². The molecule has 39 heavy (non-hydrogen) atoms. The Kier molecular flexibility index (Phi) is 24.1. The van der Waals surface area contributed by atoms with E-state index in [1.54, 1.807) is 0 Å². The summed E-state index contributed by atoms with van der Waals surface area (Å²) in [6.45, 7) is 0.439. The lowest BCUT2D eigenvalue weighted by atomic mass is 9.53. The molecule has 0 aromatic rings. The van der Waals surface area contributed by atoms with E-state index in [0.717, 1.165) is 25.7 Å². The van der Waals surface area contributed by atoms with Gasteiger partial charge in [-0.1, -0.05) is 148 Å². The number of hydrogen-bond donors (Lipinski definition) is 4. The first-order valence-electron chi connectivity index (χ1n) is 17.6. The van der Waals surface area contributed by atoms with Crippen molar-refractivity contribution in [2.45, 2.75) is 186 Å². The third kappa shape index (κ3) is 16.2. The lowest BCUT2D eigenvalue weighted by Gasteiger charge is -2.52. The Morgan fingerprint density at radius 3 is 0.564 bits per heavy atom. The number of aliphatic hydroxyl groups is 4. The fourth-order valence-corrected chi connectivity index (χ4v) is 7.84. The van der Waals surface area contributed by atoms with E-state index >= 15 is 0 Å². The first kappa shape index (κ1) is 36.9. The zero-order valence-electron chi connectivity index (χ0n) is 26.1. The van der Waals surface area contributed by atoms with Crippen molar-refractivity contribution >= 4 is 0 Å². The average molecular weight is 555 g/mol. The molecule has 1 aliphatic carbocycles. The van der Waals surface area contributed by atoms with Gasteiger partial charge in [0.05, 0.1) is 0 Å². The summed E-state index contributed by atoms with van der Waals surface area (Å²) in [6, 6.07) is 0. The average Bonchev–Trinajstić information content (AvgIpc) is 2.92. The quantitative estimate of drug-likeness (QED) is 0.241. The molecule has 0 aliphatic heterocycles. The molecule has 0 aromatic carbocycles. The highest BCUT2D eigenvalue weighted by molar-refractivity contribution is 4.98. The van der Waals surface area contributed by atoms with Gasteiger partial charge < -0.3 is 20.4 Å². The van der Waals surface area contributed by atoms with E-state index in [1.807, 2.05) is 0 Å². The van der Waals surface area contributed by atoms with Gasteiger partial charge in [0.25, 0.3) is 0 Å². The molecule has 0 radical (unpaired) electrons. The van der Waals surface area contributed by atoms with Crippen molar-refractivity contribution in [1.82, 2.24) is 0 Å². The summed E-state index contributed by atoms with van der Waals surface area (Å²) < 4.78 is 0. The SMILES string of the molecule is OCCC1(CCO)CCCCCCCCCCCCCCCCCCCCCCCCCC1(CCO)CCO. The molecular weight excluding hydrogens is 484 g/mol. The summed E-state index contributed by atoms with van der Waals surface area (Å²) in [7, 11) is 0. The van der Waals surface area contributed by atoms with Crippen molar-refractivity contribution in [2.75, 3.05) is 26.4 Å². The number of hydrogen-bond acceptors (Lipinski definition) is 4.